The van der Waals surface area contributed by atoms with E-state index >= 15 is 0 Å². The minimum atomic E-state index is 0.240. The summed E-state index contributed by atoms with van der Waals surface area (Å²) in [4.78, 5) is 2.51. The maximum Gasteiger partial charge on any atom is 0.161 e. The summed E-state index contributed by atoms with van der Waals surface area (Å²) in [5.74, 6) is 1.69. The van der Waals surface area contributed by atoms with Gasteiger partial charge in [0.15, 0.2) is 11.5 Å². The van der Waals surface area contributed by atoms with Crippen molar-refractivity contribution >= 4 is 0 Å². The van der Waals surface area contributed by atoms with Crippen LogP contribution >= 0.6 is 0 Å². The molecule has 2 saturated heterocycles. The van der Waals surface area contributed by atoms with Crippen LogP contribution in [0.25, 0.3) is 0 Å². The predicted molar refractivity (Wildman–Crippen MR) is 90.5 cm³/mol. The van der Waals surface area contributed by atoms with Crippen LogP contribution in [0.2, 0.25) is 0 Å². The van der Waals surface area contributed by atoms with Crippen molar-refractivity contribution < 1.29 is 14.2 Å². The smallest absolute Gasteiger partial charge is 0.161 e. The summed E-state index contributed by atoms with van der Waals surface area (Å²) in [5.41, 5.74) is 1.31. The second-order valence-electron chi connectivity index (χ2n) is 6.26. The van der Waals surface area contributed by atoms with Crippen molar-refractivity contribution in [3.8, 4) is 11.5 Å². The van der Waals surface area contributed by atoms with Crippen LogP contribution in [-0.2, 0) is 11.2 Å². The van der Waals surface area contributed by atoms with Gasteiger partial charge in [0.05, 0.1) is 20.3 Å². The molecule has 1 aromatic carbocycles. The Hall–Kier alpha value is -1.30. The summed E-state index contributed by atoms with van der Waals surface area (Å²) in [5, 5.41) is 3.39. The highest BCUT2D eigenvalue weighted by Gasteiger charge is 2.17. The maximum atomic E-state index is 6.10. The summed E-state index contributed by atoms with van der Waals surface area (Å²) in [6.07, 6.45) is 3.19. The quantitative estimate of drug-likeness (QED) is 0.864. The highest BCUT2D eigenvalue weighted by Crippen LogP contribution is 2.30. The predicted octanol–water partition coefficient (Wildman–Crippen LogP) is 1.70. The minimum Gasteiger partial charge on any atom is -0.493 e. The number of ether oxygens (including phenoxy) is 3. The lowest BCUT2D eigenvalue weighted by molar-refractivity contribution is 0.0245. The van der Waals surface area contributed by atoms with Crippen molar-refractivity contribution in [3.05, 3.63) is 23.8 Å². The summed E-state index contributed by atoms with van der Waals surface area (Å²) in [6.45, 7) is 7.16. The van der Waals surface area contributed by atoms with Crippen LogP contribution in [0.15, 0.2) is 18.2 Å². The number of rotatable bonds is 6. The number of nitrogens with zero attached hydrogens (tertiary/aromatic N) is 1. The Morgan fingerprint density at radius 2 is 1.96 bits per heavy atom. The van der Waals surface area contributed by atoms with Gasteiger partial charge >= 0.3 is 0 Å². The molecule has 23 heavy (non-hydrogen) atoms. The third kappa shape index (κ3) is 4.83. The SMILES string of the molecule is COc1cc(CCN2CCNCC2)ccc1OC1CCOCC1. The topological polar surface area (TPSA) is 43.0 Å². The van der Waals surface area contributed by atoms with E-state index in [1.54, 1.807) is 7.11 Å². The molecule has 2 aliphatic rings. The molecule has 0 radical (unpaired) electrons. The molecule has 0 aliphatic carbocycles. The molecule has 2 fully saturated rings. The maximum absolute atomic E-state index is 6.10. The molecule has 1 aromatic rings. The standard InChI is InChI=1S/C18H28N2O3/c1-21-18-14-15(4-9-20-10-7-19-8-11-20)2-3-17(18)23-16-5-12-22-13-6-16/h2-3,14,16,19H,4-13H2,1H3. The first kappa shape index (κ1) is 16.6. The van der Waals surface area contributed by atoms with Gasteiger partial charge < -0.3 is 24.4 Å². The number of nitrogens with one attached hydrogen (secondary N) is 1. The first-order chi connectivity index (χ1) is 11.3. The summed E-state index contributed by atoms with van der Waals surface area (Å²) < 4.78 is 17.0. The Labute approximate surface area is 138 Å². The fourth-order valence-corrected chi connectivity index (χ4v) is 3.16. The molecular weight excluding hydrogens is 292 g/mol. The van der Waals surface area contributed by atoms with E-state index in [2.05, 4.69) is 28.4 Å². The molecule has 2 heterocycles. The van der Waals surface area contributed by atoms with E-state index in [0.717, 1.165) is 76.7 Å². The van der Waals surface area contributed by atoms with Gasteiger partial charge in [-0.05, 0) is 24.1 Å². The average Bonchev–Trinajstić information content (AvgIpc) is 2.62. The molecule has 128 valence electrons. The van der Waals surface area contributed by atoms with E-state index in [9.17, 15) is 0 Å². The van der Waals surface area contributed by atoms with Crippen LogP contribution in [-0.4, -0.2) is 64.1 Å². The van der Waals surface area contributed by atoms with E-state index in [-0.39, 0.29) is 6.10 Å². The van der Waals surface area contributed by atoms with Gasteiger partial charge in [-0.3, -0.25) is 0 Å². The number of hydrogen-bond donors (Lipinski definition) is 1. The van der Waals surface area contributed by atoms with Gasteiger partial charge in [-0.1, -0.05) is 6.07 Å². The third-order valence-corrected chi connectivity index (χ3v) is 4.62. The van der Waals surface area contributed by atoms with Crippen LogP contribution in [0.4, 0.5) is 0 Å². The van der Waals surface area contributed by atoms with E-state index in [4.69, 9.17) is 14.2 Å². The number of benzene rings is 1. The molecule has 2 aliphatic heterocycles. The molecule has 5 heteroatoms. The van der Waals surface area contributed by atoms with Crippen LogP contribution in [0.1, 0.15) is 18.4 Å². The van der Waals surface area contributed by atoms with E-state index in [1.165, 1.54) is 5.56 Å². The molecule has 0 bridgehead atoms. The Morgan fingerprint density at radius 3 is 2.70 bits per heavy atom. The average molecular weight is 320 g/mol. The highest BCUT2D eigenvalue weighted by atomic mass is 16.5. The monoisotopic (exact) mass is 320 g/mol. The summed E-state index contributed by atoms with van der Waals surface area (Å²) in [6, 6.07) is 6.34. The molecule has 3 rings (SSSR count). The third-order valence-electron chi connectivity index (χ3n) is 4.62. The normalized spacial score (nSPS) is 20.4. The zero-order chi connectivity index (χ0) is 15.9. The molecule has 5 nitrogen and oxygen atoms in total. The zero-order valence-corrected chi connectivity index (χ0v) is 14.1. The van der Waals surface area contributed by atoms with Crippen LogP contribution < -0.4 is 14.8 Å². The Kier molecular flexibility index (Phi) is 6.13. The lowest BCUT2D eigenvalue weighted by Crippen LogP contribution is -2.44. The number of methoxy groups -OCH3 is 1. The summed E-state index contributed by atoms with van der Waals surface area (Å²) >= 11 is 0. The van der Waals surface area contributed by atoms with E-state index in [0.29, 0.717) is 0 Å². The second-order valence-corrected chi connectivity index (χ2v) is 6.26. The highest BCUT2D eigenvalue weighted by molar-refractivity contribution is 5.43. The molecular formula is C18H28N2O3. The number of piperazine rings is 1. The fourth-order valence-electron chi connectivity index (χ4n) is 3.16. The van der Waals surface area contributed by atoms with E-state index in [1.807, 2.05) is 0 Å². The van der Waals surface area contributed by atoms with Gasteiger partial charge in [-0.25, -0.2) is 0 Å². The van der Waals surface area contributed by atoms with Gasteiger partial charge in [0, 0.05) is 45.6 Å². The lowest BCUT2D eigenvalue weighted by Gasteiger charge is -2.27. The second kappa shape index (κ2) is 8.52. The minimum absolute atomic E-state index is 0.240. The molecule has 0 amide bonds. The van der Waals surface area contributed by atoms with Crippen molar-refractivity contribution in [3.63, 3.8) is 0 Å². The molecule has 0 unspecified atom stereocenters. The van der Waals surface area contributed by atoms with Crippen LogP contribution in [0, 0.1) is 0 Å². The van der Waals surface area contributed by atoms with Gasteiger partial charge in [0.25, 0.3) is 0 Å². The van der Waals surface area contributed by atoms with Crippen molar-refractivity contribution in [1.29, 1.82) is 0 Å². The lowest BCUT2D eigenvalue weighted by atomic mass is 10.1. The van der Waals surface area contributed by atoms with Crippen molar-refractivity contribution in [2.75, 3.05) is 53.0 Å². The van der Waals surface area contributed by atoms with Gasteiger partial charge in [0.1, 0.15) is 6.10 Å². The Balaban J connectivity index is 1.57. The van der Waals surface area contributed by atoms with Gasteiger partial charge in [-0.15, -0.1) is 0 Å². The van der Waals surface area contributed by atoms with Crippen LogP contribution in [0.5, 0.6) is 11.5 Å². The van der Waals surface area contributed by atoms with E-state index < -0.39 is 0 Å². The molecule has 0 saturated carbocycles. The fraction of sp³-hybridized carbons (Fsp3) is 0.667. The van der Waals surface area contributed by atoms with Crippen LogP contribution in [0.3, 0.4) is 0 Å². The first-order valence-electron chi connectivity index (χ1n) is 8.69. The molecule has 1 N–H and O–H groups in total. The van der Waals surface area contributed by atoms with Gasteiger partial charge in [0.2, 0.25) is 0 Å². The van der Waals surface area contributed by atoms with Gasteiger partial charge in [-0.2, -0.15) is 0 Å². The first-order valence-corrected chi connectivity index (χ1v) is 8.69. The molecule has 0 spiro atoms. The largest absolute Gasteiger partial charge is 0.493 e. The molecule has 0 atom stereocenters. The molecule has 0 aromatic heterocycles. The Bertz CT molecular complexity index is 483. The zero-order valence-electron chi connectivity index (χ0n) is 14.1. The number of hydrogen-bond acceptors (Lipinski definition) is 5. The Morgan fingerprint density at radius 1 is 1.17 bits per heavy atom. The van der Waals surface area contributed by atoms with Crippen molar-refractivity contribution in [2.24, 2.45) is 0 Å². The summed E-state index contributed by atoms with van der Waals surface area (Å²) in [7, 11) is 1.71. The van der Waals surface area contributed by atoms with Crippen molar-refractivity contribution in [2.45, 2.75) is 25.4 Å². The van der Waals surface area contributed by atoms with Crippen molar-refractivity contribution in [1.82, 2.24) is 10.2 Å².